The van der Waals surface area contributed by atoms with Gasteiger partial charge in [-0.3, -0.25) is 0 Å². The Morgan fingerprint density at radius 2 is 2.25 bits per heavy atom. The Morgan fingerprint density at radius 1 is 1.50 bits per heavy atom. The van der Waals surface area contributed by atoms with Crippen molar-refractivity contribution in [3.8, 4) is 5.75 Å². The summed E-state index contributed by atoms with van der Waals surface area (Å²) in [6, 6.07) is 3.69. The van der Waals surface area contributed by atoms with Gasteiger partial charge in [0.1, 0.15) is 10.8 Å². The van der Waals surface area contributed by atoms with Crippen LogP contribution in [0.1, 0.15) is 13.8 Å². The van der Waals surface area contributed by atoms with Crippen LogP contribution in [-0.2, 0) is 0 Å². The molecule has 1 heterocycles. The normalized spacial score (nSPS) is 10.3. The van der Waals surface area contributed by atoms with Crippen molar-refractivity contribution in [1.29, 1.82) is 0 Å². The molecule has 0 aliphatic carbocycles. The number of pyridine rings is 1. The molecule has 0 unspecified atom stereocenters. The highest BCUT2D eigenvalue weighted by atomic mass is 35.7. The van der Waals surface area contributed by atoms with E-state index in [4.69, 9.17) is 15.4 Å². The number of aromatic nitrogens is 1. The van der Waals surface area contributed by atoms with Crippen LogP contribution in [0.25, 0.3) is 0 Å². The lowest BCUT2D eigenvalue weighted by atomic mass is 10.4. The molecule has 4 heteroatoms. The lowest BCUT2D eigenvalue weighted by molar-refractivity contribution is 0.241. The van der Waals surface area contributed by atoms with Gasteiger partial charge in [0.2, 0.25) is 0 Å². The number of hydrogen-bond acceptors (Lipinski definition) is 3. The first-order valence-electron chi connectivity index (χ1n) is 3.63. The quantitative estimate of drug-likeness (QED) is 0.754. The van der Waals surface area contributed by atoms with Crippen molar-refractivity contribution in [2.75, 3.05) is 0 Å². The molecule has 12 heavy (non-hydrogen) atoms. The molecule has 1 aromatic heterocycles. The van der Waals surface area contributed by atoms with Gasteiger partial charge in [-0.25, -0.2) is 4.98 Å². The smallest absolute Gasteiger partial charge is 0.138 e. The van der Waals surface area contributed by atoms with Crippen molar-refractivity contribution < 1.29 is 4.74 Å². The molecule has 2 nitrogen and oxygen atoms in total. The molecular formula is C8H10ClNOS. The van der Waals surface area contributed by atoms with Gasteiger partial charge in [0.25, 0.3) is 0 Å². The van der Waals surface area contributed by atoms with Crippen molar-refractivity contribution in [1.82, 2.24) is 4.98 Å². The van der Waals surface area contributed by atoms with Crippen LogP contribution in [0.5, 0.6) is 5.75 Å². The first-order valence-corrected chi connectivity index (χ1v) is 5.28. The molecule has 0 spiro atoms. The third-order valence-corrected chi connectivity index (χ3v) is 2.03. The molecule has 0 aliphatic rings. The van der Waals surface area contributed by atoms with Gasteiger partial charge in [-0.15, -0.1) is 0 Å². The summed E-state index contributed by atoms with van der Waals surface area (Å²) < 4.78 is 5.40. The number of ether oxygens (including phenoxy) is 1. The monoisotopic (exact) mass is 203 g/mol. The zero-order valence-electron chi connectivity index (χ0n) is 6.95. The van der Waals surface area contributed by atoms with Gasteiger partial charge in [-0.1, -0.05) is 0 Å². The van der Waals surface area contributed by atoms with Crippen molar-refractivity contribution in [3.63, 3.8) is 0 Å². The number of hydrogen-bond donors (Lipinski definition) is 0. The molecule has 0 aromatic carbocycles. The molecule has 0 saturated heterocycles. The lowest BCUT2D eigenvalue weighted by Gasteiger charge is -2.08. The Labute approximate surface area is 80.8 Å². The highest BCUT2D eigenvalue weighted by Gasteiger charge is 1.98. The maximum Gasteiger partial charge on any atom is 0.138 e. The lowest BCUT2D eigenvalue weighted by Crippen LogP contribution is -2.05. The molecule has 0 amide bonds. The van der Waals surface area contributed by atoms with Gasteiger partial charge in [-0.2, -0.15) is 0 Å². The average Bonchev–Trinajstić information content (AvgIpc) is 2.05. The maximum absolute atomic E-state index is 5.50. The third-order valence-electron chi connectivity index (χ3n) is 1.16. The zero-order chi connectivity index (χ0) is 8.97. The minimum absolute atomic E-state index is 0.182. The van der Waals surface area contributed by atoms with Crippen LogP contribution in [0.15, 0.2) is 23.4 Å². The van der Waals surface area contributed by atoms with Gasteiger partial charge >= 0.3 is 0 Å². The van der Waals surface area contributed by atoms with E-state index in [-0.39, 0.29) is 6.10 Å². The molecule has 0 fully saturated rings. The van der Waals surface area contributed by atoms with Crippen molar-refractivity contribution >= 4 is 21.7 Å². The van der Waals surface area contributed by atoms with Gasteiger partial charge in [0.05, 0.1) is 12.3 Å². The summed E-state index contributed by atoms with van der Waals surface area (Å²) in [4.78, 5) is 4.06. The second-order valence-corrected chi connectivity index (χ2v) is 3.61. The Morgan fingerprint density at radius 3 is 2.67 bits per heavy atom. The van der Waals surface area contributed by atoms with E-state index in [1.165, 1.54) is 0 Å². The molecule has 0 saturated carbocycles. The van der Waals surface area contributed by atoms with E-state index >= 15 is 0 Å². The molecule has 0 aliphatic heterocycles. The number of nitrogens with zero attached hydrogens (tertiary/aromatic N) is 1. The molecular weight excluding hydrogens is 194 g/mol. The molecule has 0 N–H and O–H groups in total. The van der Waals surface area contributed by atoms with Crippen molar-refractivity contribution in [2.24, 2.45) is 0 Å². The standard InChI is InChI=1S/C8H10ClNOS/c1-6(2)11-7-3-4-8(12-9)10-5-7/h3-6H,1-2H3. The number of rotatable bonds is 3. The largest absolute Gasteiger partial charge is 0.489 e. The van der Waals surface area contributed by atoms with Crippen LogP contribution in [0.4, 0.5) is 0 Å². The highest BCUT2D eigenvalue weighted by Crippen LogP contribution is 2.21. The van der Waals surface area contributed by atoms with Crippen LogP contribution in [-0.4, -0.2) is 11.1 Å². The highest BCUT2D eigenvalue weighted by molar-refractivity contribution is 8.21. The van der Waals surface area contributed by atoms with E-state index in [1.54, 1.807) is 6.20 Å². The molecule has 66 valence electrons. The minimum Gasteiger partial charge on any atom is -0.489 e. The maximum atomic E-state index is 5.50. The zero-order valence-corrected chi connectivity index (χ0v) is 8.52. The third kappa shape index (κ3) is 2.91. The van der Waals surface area contributed by atoms with Crippen LogP contribution in [0.2, 0.25) is 0 Å². The predicted octanol–water partition coefficient (Wildman–Crippen LogP) is 3.11. The average molecular weight is 204 g/mol. The topological polar surface area (TPSA) is 22.1 Å². The Bertz CT molecular complexity index is 237. The summed E-state index contributed by atoms with van der Waals surface area (Å²) in [7, 11) is 6.60. The summed E-state index contributed by atoms with van der Waals surface area (Å²) in [5.74, 6) is 0.777. The Kier molecular flexibility index (Phi) is 3.69. The number of halogens is 1. The molecule has 0 radical (unpaired) electrons. The summed E-state index contributed by atoms with van der Waals surface area (Å²) in [6.07, 6.45) is 1.85. The second kappa shape index (κ2) is 4.58. The summed E-state index contributed by atoms with van der Waals surface area (Å²) in [5.41, 5.74) is 0. The first kappa shape index (κ1) is 9.68. The summed E-state index contributed by atoms with van der Waals surface area (Å²) >= 11 is 0. The SMILES string of the molecule is CC(C)Oc1ccc(SCl)nc1. The van der Waals surface area contributed by atoms with E-state index in [9.17, 15) is 0 Å². The molecule has 0 bridgehead atoms. The van der Waals surface area contributed by atoms with Gasteiger partial charge in [-0.05, 0) is 36.7 Å². The second-order valence-electron chi connectivity index (χ2n) is 2.58. The van der Waals surface area contributed by atoms with Crippen LogP contribution < -0.4 is 4.74 Å². The Balaban J connectivity index is 2.65. The van der Waals surface area contributed by atoms with Crippen LogP contribution in [0.3, 0.4) is 0 Å². The fourth-order valence-corrected chi connectivity index (χ4v) is 1.24. The van der Waals surface area contributed by atoms with Gasteiger partial charge < -0.3 is 4.74 Å². The molecule has 0 atom stereocenters. The van der Waals surface area contributed by atoms with Gasteiger partial charge in [0.15, 0.2) is 0 Å². The summed E-state index contributed by atoms with van der Waals surface area (Å²) in [6.45, 7) is 3.95. The van der Waals surface area contributed by atoms with E-state index < -0.39 is 0 Å². The predicted molar refractivity (Wildman–Crippen MR) is 51.7 cm³/mol. The minimum atomic E-state index is 0.182. The van der Waals surface area contributed by atoms with E-state index in [0.29, 0.717) is 0 Å². The van der Waals surface area contributed by atoms with E-state index in [1.807, 2.05) is 26.0 Å². The summed E-state index contributed by atoms with van der Waals surface area (Å²) in [5, 5.41) is 0.785. The van der Waals surface area contributed by atoms with Crippen molar-refractivity contribution in [3.05, 3.63) is 18.3 Å². The molecule has 1 rings (SSSR count). The van der Waals surface area contributed by atoms with E-state index in [2.05, 4.69) is 4.98 Å². The first-order chi connectivity index (χ1) is 5.72. The van der Waals surface area contributed by atoms with Crippen molar-refractivity contribution in [2.45, 2.75) is 25.0 Å². The van der Waals surface area contributed by atoms with E-state index in [0.717, 1.165) is 21.8 Å². The fraction of sp³-hybridized carbons (Fsp3) is 0.375. The molecule has 1 aromatic rings. The van der Waals surface area contributed by atoms with Crippen LogP contribution in [0, 0.1) is 0 Å². The Hall–Kier alpha value is -0.410. The van der Waals surface area contributed by atoms with Gasteiger partial charge in [0, 0.05) is 11.0 Å². The van der Waals surface area contributed by atoms with Crippen LogP contribution >= 0.6 is 21.7 Å². The fourth-order valence-electron chi connectivity index (χ4n) is 0.754.